The van der Waals surface area contributed by atoms with Crippen LogP contribution in [0.3, 0.4) is 0 Å². The van der Waals surface area contributed by atoms with Crippen LogP contribution in [0.4, 0.5) is 0 Å². The summed E-state index contributed by atoms with van der Waals surface area (Å²) in [5, 5.41) is 31.7. The average molecular weight is 234 g/mol. The molecule has 2 fully saturated rings. The number of aliphatic hydroxyl groups is 3. The molecular formula is C8H14N2O4S. The average Bonchev–Trinajstić information content (AvgIpc) is 2.50. The normalized spacial score (nSPS) is 45.2. The molecule has 0 aromatic heterocycles. The molecule has 86 valence electrons. The lowest BCUT2D eigenvalue weighted by molar-refractivity contribution is -0.207. The largest absolute Gasteiger partial charge is 0.394 e. The number of fused-ring (bicyclic) bond motifs is 1. The molecule has 0 amide bonds. The minimum absolute atomic E-state index is 0.331. The summed E-state index contributed by atoms with van der Waals surface area (Å²) >= 11 is 5.00. The van der Waals surface area contributed by atoms with E-state index in [0.29, 0.717) is 5.11 Å². The van der Waals surface area contributed by atoms with Crippen molar-refractivity contribution in [3.05, 3.63) is 0 Å². The van der Waals surface area contributed by atoms with Crippen LogP contribution in [-0.2, 0) is 4.74 Å². The lowest BCUT2D eigenvalue weighted by atomic mass is 9.97. The van der Waals surface area contributed by atoms with Crippen LogP contribution in [0.15, 0.2) is 0 Å². The fourth-order valence-electron chi connectivity index (χ4n) is 1.95. The van der Waals surface area contributed by atoms with Gasteiger partial charge in [0.2, 0.25) is 0 Å². The third-order valence-corrected chi connectivity index (χ3v) is 3.30. The Bertz CT molecular complexity index is 277. The van der Waals surface area contributed by atoms with E-state index in [1.54, 1.807) is 11.9 Å². The number of nitrogens with zero attached hydrogens (tertiary/aromatic N) is 1. The van der Waals surface area contributed by atoms with Crippen molar-refractivity contribution in [2.75, 3.05) is 13.7 Å². The zero-order valence-corrected chi connectivity index (χ0v) is 9.02. The molecule has 4 N–H and O–H groups in total. The molecule has 0 aromatic carbocycles. The van der Waals surface area contributed by atoms with Crippen LogP contribution >= 0.6 is 12.2 Å². The molecule has 0 bridgehead atoms. The highest BCUT2D eigenvalue weighted by Crippen LogP contribution is 2.26. The fourth-order valence-corrected chi connectivity index (χ4v) is 2.19. The molecular weight excluding hydrogens is 220 g/mol. The Morgan fingerprint density at radius 1 is 1.47 bits per heavy atom. The number of likely N-dealkylation sites (N-methyl/N-ethyl adjacent to an activating group) is 1. The van der Waals surface area contributed by atoms with E-state index in [9.17, 15) is 10.2 Å². The summed E-state index contributed by atoms with van der Waals surface area (Å²) in [5.74, 6) is 0. The van der Waals surface area contributed by atoms with Gasteiger partial charge >= 0.3 is 0 Å². The van der Waals surface area contributed by atoms with Gasteiger partial charge in [0.05, 0.1) is 6.61 Å². The Morgan fingerprint density at radius 2 is 2.13 bits per heavy atom. The predicted molar refractivity (Wildman–Crippen MR) is 55.0 cm³/mol. The van der Waals surface area contributed by atoms with E-state index < -0.39 is 30.6 Å². The summed E-state index contributed by atoms with van der Waals surface area (Å²) in [6, 6.07) is -0.444. The molecule has 0 radical (unpaired) electrons. The van der Waals surface area contributed by atoms with Gasteiger partial charge in [-0.25, -0.2) is 0 Å². The highest BCUT2D eigenvalue weighted by molar-refractivity contribution is 7.80. The first kappa shape index (κ1) is 11.0. The quantitative estimate of drug-likeness (QED) is 0.377. The molecule has 5 atom stereocenters. The predicted octanol–water partition coefficient (Wildman–Crippen LogP) is -2.39. The maximum atomic E-state index is 9.80. The Hall–Kier alpha value is -0.470. The highest BCUT2D eigenvalue weighted by atomic mass is 32.1. The van der Waals surface area contributed by atoms with Gasteiger partial charge in [-0.05, 0) is 12.2 Å². The fraction of sp³-hybridized carbons (Fsp3) is 0.875. The lowest BCUT2D eigenvalue weighted by Gasteiger charge is -2.39. The first-order valence-corrected chi connectivity index (χ1v) is 5.13. The molecule has 2 rings (SSSR count). The molecule has 7 heteroatoms. The molecule has 0 spiro atoms. The van der Waals surface area contributed by atoms with Gasteiger partial charge in [-0.3, -0.25) is 0 Å². The van der Waals surface area contributed by atoms with Crippen molar-refractivity contribution >= 4 is 17.3 Å². The number of thiocarbonyl (C=S) groups is 1. The standard InChI is InChI=1S/C8H14N2O4S/c1-10-7-4(9-8(10)15)6(13)5(12)3(2-11)14-7/h3-7,11-13H,2H2,1H3,(H,9,15)/t3-,4-,5+,6-,7-/m0/s1. The highest BCUT2D eigenvalue weighted by Gasteiger charge is 2.50. The van der Waals surface area contributed by atoms with Gasteiger partial charge in [0.15, 0.2) is 11.3 Å². The van der Waals surface area contributed by atoms with Gasteiger partial charge in [0.1, 0.15) is 24.4 Å². The number of ether oxygens (including phenoxy) is 1. The zero-order valence-electron chi connectivity index (χ0n) is 8.20. The SMILES string of the molecule is CN1C(=S)N[C@H]2[C@H](O)[C@H](O)[C@H](CO)O[C@@H]21. The summed E-state index contributed by atoms with van der Waals surface area (Å²) in [4.78, 5) is 1.66. The van der Waals surface area contributed by atoms with Crippen LogP contribution in [0.1, 0.15) is 0 Å². The molecule has 0 unspecified atom stereocenters. The Morgan fingerprint density at radius 3 is 2.73 bits per heavy atom. The second-order valence-electron chi connectivity index (χ2n) is 3.82. The monoisotopic (exact) mass is 234 g/mol. The second-order valence-corrected chi connectivity index (χ2v) is 4.20. The first-order chi connectivity index (χ1) is 7.06. The molecule has 2 saturated heterocycles. The number of hydrogen-bond acceptors (Lipinski definition) is 5. The first-order valence-electron chi connectivity index (χ1n) is 4.72. The van der Waals surface area contributed by atoms with Crippen molar-refractivity contribution in [3.63, 3.8) is 0 Å². The van der Waals surface area contributed by atoms with Gasteiger partial charge in [-0.2, -0.15) is 0 Å². The van der Waals surface area contributed by atoms with E-state index in [-0.39, 0.29) is 6.61 Å². The minimum atomic E-state index is -1.10. The van der Waals surface area contributed by atoms with Crippen molar-refractivity contribution in [1.29, 1.82) is 0 Å². The summed E-state index contributed by atoms with van der Waals surface area (Å²) < 4.78 is 5.44. The van der Waals surface area contributed by atoms with Gasteiger partial charge in [0, 0.05) is 7.05 Å². The van der Waals surface area contributed by atoms with Gasteiger partial charge in [-0.1, -0.05) is 0 Å². The van der Waals surface area contributed by atoms with E-state index in [4.69, 9.17) is 22.1 Å². The van der Waals surface area contributed by atoms with Crippen LogP contribution in [0, 0.1) is 0 Å². The van der Waals surface area contributed by atoms with Crippen molar-refractivity contribution in [3.8, 4) is 0 Å². The smallest absolute Gasteiger partial charge is 0.171 e. The maximum absolute atomic E-state index is 9.80. The van der Waals surface area contributed by atoms with Crippen molar-refractivity contribution in [1.82, 2.24) is 10.2 Å². The third kappa shape index (κ3) is 1.60. The van der Waals surface area contributed by atoms with Gasteiger partial charge < -0.3 is 30.3 Å². The van der Waals surface area contributed by atoms with Crippen LogP contribution in [-0.4, -0.2) is 69.6 Å². The number of aliphatic hydroxyl groups excluding tert-OH is 3. The van der Waals surface area contributed by atoms with Crippen molar-refractivity contribution in [2.45, 2.75) is 30.6 Å². The molecule has 2 heterocycles. The van der Waals surface area contributed by atoms with Gasteiger partial charge in [-0.15, -0.1) is 0 Å². The number of nitrogens with one attached hydrogen (secondary N) is 1. The molecule has 15 heavy (non-hydrogen) atoms. The molecule has 0 saturated carbocycles. The lowest BCUT2D eigenvalue weighted by Crippen LogP contribution is -2.61. The van der Waals surface area contributed by atoms with Gasteiger partial charge in [0.25, 0.3) is 0 Å². The number of rotatable bonds is 1. The molecule has 6 nitrogen and oxygen atoms in total. The van der Waals surface area contributed by atoms with E-state index in [1.165, 1.54) is 0 Å². The van der Waals surface area contributed by atoms with Crippen LogP contribution in [0.2, 0.25) is 0 Å². The molecule has 2 aliphatic rings. The minimum Gasteiger partial charge on any atom is -0.394 e. The second kappa shape index (κ2) is 3.84. The summed E-state index contributed by atoms with van der Waals surface area (Å²) in [6.45, 7) is -0.331. The van der Waals surface area contributed by atoms with E-state index >= 15 is 0 Å². The third-order valence-electron chi connectivity index (χ3n) is 2.89. The van der Waals surface area contributed by atoms with Crippen LogP contribution in [0.25, 0.3) is 0 Å². The topological polar surface area (TPSA) is 85.2 Å². The summed E-state index contributed by atoms with van der Waals surface area (Å²) in [5.41, 5.74) is 0. The van der Waals surface area contributed by atoms with Crippen LogP contribution in [0.5, 0.6) is 0 Å². The Labute approximate surface area is 92.4 Å². The summed E-state index contributed by atoms with van der Waals surface area (Å²) in [6.07, 6.45) is -3.30. The molecule has 0 aromatic rings. The van der Waals surface area contributed by atoms with Crippen molar-refractivity contribution < 1.29 is 20.1 Å². The molecule has 0 aliphatic carbocycles. The van der Waals surface area contributed by atoms with E-state index in [1.807, 2.05) is 0 Å². The van der Waals surface area contributed by atoms with Crippen molar-refractivity contribution in [2.24, 2.45) is 0 Å². The number of hydrogen-bond donors (Lipinski definition) is 4. The zero-order chi connectivity index (χ0) is 11.2. The Kier molecular flexibility index (Phi) is 2.82. The van der Waals surface area contributed by atoms with E-state index in [2.05, 4.69) is 5.32 Å². The summed E-state index contributed by atoms with van der Waals surface area (Å²) in [7, 11) is 1.73. The maximum Gasteiger partial charge on any atom is 0.171 e. The van der Waals surface area contributed by atoms with Crippen LogP contribution < -0.4 is 5.32 Å². The van der Waals surface area contributed by atoms with E-state index in [0.717, 1.165) is 0 Å². The Balaban J connectivity index is 2.19. The molecule has 2 aliphatic heterocycles.